The first kappa shape index (κ1) is 19.8. The Hall–Kier alpha value is -2.49. The lowest BCUT2D eigenvalue weighted by atomic mass is 9.97. The number of nitrogens with zero attached hydrogens (tertiary/aromatic N) is 5. The number of likely N-dealkylation sites (tertiary alicyclic amines) is 2. The highest BCUT2D eigenvalue weighted by molar-refractivity contribution is 6.04. The molecule has 158 valence electrons. The van der Waals surface area contributed by atoms with E-state index in [0.717, 1.165) is 36.4 Å². The second kappa shape index (κ2) is 8.10. The molecule has 4 rings (SSSR count). The van der Waals surface area contributed by atoms with Gasteiger partial charge < -0.3 is 9.64 Å². The minimum absolute atomic E-state index is 0.0326. The molecule has 1 saturated carbocycles. The third-order valence-electron chi connectivity index (χ3n) is 5.90. The largest absolute Gasteiger partial charge is 0.383 e. The number of methoxy groups -OCH3 is 1. The molecule has 0 bridgehead atoms. The number of carbonyl (C=O) groups excluding carboxylic acids is 3. The molecule has 1 aliphatic carbocycles. The van der Waals surface area contributed by atoms with E-state index >= 15 is 0 Å². The molecule has 10 nitrogen and oxygen atoms in total. The smallest absolute Gasteiger partial charge is 0.346 e. The predicted molar refractivity (Wildman–Crippen MR) is 101 cm³/mol. The average molecular weight is 405 g/mol. The van der Waals surface area contributed by atoms with Crippen molar-refractivity contribution in [3.63, 3.8) is 0 Å². The monoisotopic (exact) mass is 405 g/mol. The Kier molecular flexibility index (Phi) is 5.53. The zero-order valence-corrected chi connectivity index (χ0v) is 16.7. The Bertz CT molecular complexity index is 855. The van der Waals surface area contributed by atoms with Gasteiger partial charge in [-0.3, -0.25) is 23.9 Å². The summed E-state index contributed by atoms with van der Waals surface area (Å²) in [7, 11) is 1.59. The molecule has 1 unspecified atom stereocenters. The van der Waals surface area contributed by atoms with Gasteiger partial charge in [-0.05, 0) is 25.7 Å². The van der Waals surface area contributed by atoms with Crippen molar-refractivity contribution in [1.29, 1.82) is 0 Å². The number of carbonyl (C=O) groups is 3. The number of ether oxygens (including phenoxy) is 1. The number of hydrogen-bond acceptors (Lipinski definition) is 6. The summed E-state index contributed by atoms with van der Waals surface area (Å²) in [4.78, 5) is 51.9. The molecule has 0 spiro atoms. The van der Waals surface area contributed by atoms with Crippen molar-refractivity contribution in [2.45, 2.75) is 57.0 Å². The highest BCUT2D eigenvalue weighted by Gasteiger charge is 2.37. The van der Waals surface area contributed by atoms with Crippen molar-refractivity contribution in [2.24, 2.45) is 0 Å². The summed E-state index contributed by atoms with van der Waals surface area (Å²) in [5.41, 5.74) is -0.115. The van der Waals surface area contributed by atoms with Crippen LogP contribution < -0.4 is 5.69 Å². The Morgan fingerprint density at radius 2 is 1.86 bits per heavy atom. The van der Waals surface area contributed by atoms with Crippen LogP contribution in [0.15, 0.2) is 4.79 Å². The van der Waals surface area contributed by atoms with Crippen LogP contribution in [0.4, 0.5) is 0 Å². The normalized spacial score (nSPS) is 22.6. The minimum atomic E-state index is -0.281. The van der Waals surface area contributed by atoms with Gasteiger partial charge in [-0.1, -0.05) is 0 Å². The second-order valence-electron chi connectivity index (χ2n) is 8.01. The first-order chi connectivity index (χ1) is 14.0. The molecule has 2 saturated heterocycles. The lowest BCUT2D eigenvalue weighted by Crippen LogP contribution is -2.46. The standard InChI is InChI=1S/C19H27N5O5/c1-29-10-9-23-19(28)24(14-4-5-14)18(20-23)13-3-2-8-21(11-13)17(27)12-22-15(25)6-7-16(22)26/h13-14H,2-12H2,1H3. The van der Waals surface area contributed by atoms with E-state index in [2.05, 4.69) is 5.10 Å². The van der Waals surface area contributed by atoms with E-state index < -0.39 is 0 Å². The number of rotatable bonds is 7. The topological polar surface area (TPSA) is 107 Å². The van der Waals surface area contributed by atoms with E-state index in [9.17, 15) is 19.2 Å². The van der Waals surface area contributed by atoms with Crippen LogP contribution in [-0.4, -0.2) is 75.2 Å². The fourth-order valence-corrected chi connectivity index (χ4v) is 4.16. The van der Waals surface area contributed by atoms with Crippen molar-refractivity contribution < 1.29 is 19.1 Å². The second-order valence-corrected chi connectivity index (χ2v) is 8.01. The van der Waals surface area contributed by atoms with Crippen LogP contribution in [0.1, 0.15) is 56.3 Å². The summed E-state index contributed by atoms with van der Waals surface area (Å²) in [5, 5.41) is 4.58. The van der Waals surface area contributed by atoms with E-state index in [0.29, 0.717) is 26.2 Å². The molecule has 1 atom stereocenters. The van der Waals surface area contributed by atoms with E-state index in [1.54, 1.807) is 16.6 Å². The molecule has 3 aliphatic rings. The average Bonchev–Trinajstić information content (AvgIpc) is 3.44. The van der Waals surface area contributed by atoms with Gasteiger partial charge in [-0.2, -0.15) is 5.10 Å². The van der Waals surface area contributed by atoms with Gasteiger partial charge in [0.2, 0.25) is 17.7 Å². The molecule has 3 fully saturated rings. The Labute approximate surface area is 168 Å². The molecule has 0 aromatic carbocycles. The lowest BCUT2D eigenvalue weighted by molar-refractivity contribution is -0.146. The SMILES string of the molecule is COCCn1nc(C2CCCN(C(=O)CN3C(=O)CCC3=O)C2)n(C2CC2)c1=O. The first-order valence-electron chi connectivity index (χ1n) is 10.3. The minimum Gasteiger partial charge on any atom is -0.383 e. The molecule has 3 amide bonds. The number of aromatic nitrogens is 3. The molecule has 2 aliphatic heterocycles. The van der Waals surface area contributed by atoms with Crippen molar-refractivity contribution >= 4 is 17.7 Å². The van der Waals surface area contributed by atoms with Gasteiger partial charge >= 0.3 is 5.69 Å². The van der Waals surface area contributed by atoms with Gasteiger partial charge in [0, 0.05) is 45.0 Å². The van der Waals surface area contributed by atoms with Crippen LogP contribution in [0.2, 0.25) is 0 Å². The number of amides is 3. The maximum Gasteiger partial charge on any atom is 0.346 e. The van der Waals surface area contributed by atoms with Crippen LogP contribution in [0.5, 0.6) is 0 Å². The zero-order valence-electron chi connectivity index (χ0n) is 16.7. The Balaban J connectivity index is 1.49. The van der Waals surface area contributed by atoms with Crippen LogP contribution >= 0.6 is 0 Å². The molecule has 0 radical (unpaired) electrons. The van der Waals surface area contributed by atoms with E-state index in [1.165, 1.54) is 4.68 Å². The van der Waals surface area contributed by atoms with Crippen LogP contribution in [0, 0.1) is 0 Å². The van der Waals surface area contributed by atoms with Crippen molar-refractivity contribution in [2.75, 3.05) is 33.4 Å². The molecular weight excluding hydrogens is 378 g/mol. The summed E-state index contributed by atoms with van der Waals surface area (Å²) in [5.74, 6) is -0.0839. The van der Waals surface area contributed by atoms with Gasteiger partial charge in [0.25, 0.3) is 0 Å². The first-order valence-corrected chi connectivity index (χ1v) is 10.3. The molecule has 10 heteroatoms. The van der Waals surface area contributed by atoms with Gasteiger partial charge in [0.15, 0.2) is 0 Å². The van der Waals surface area contributed by atoms with Crippen LogP contribution in [-0.2, 0) is 25.7 Å². The summed E-state index contributed by atoms with van der Waals surface area (Å²) in [6.07, 6.45) is 3.94. The van der Waals surface area contributed by atoms with Crippen LogP contribution in [0.25, 0.3) is 0 Å². The zero-order chi connectivity index (χ0) is 20.5. The number of imide groups is 1. The number of hydrogen-bond donors (Lipinski definition) is 0. The molecular formula is C19H27N5O5. The molecule has 1 aromatic heterocycles. The van der Waals surface area contributed by atoms with E-state index in [4.69, 9.17) is 4.74 Å². The number of piperidine rings is 1. The third kappa shape index (κ3) is 3.98. The van der Waals surface area contributed by atoms with E-state index in [1.807, 2.05) is 0 Å². The quantitative estimate of drug-likeness (QED) is 0.586. The van der Waals surface area contributed by atoms with Crippen molar-refractivity contribution in [1.82, 2.24) is 24.1 Å². The fourth-order valence-electron chi connectivity index (χ4n) is 4.16. The fraction of sp³-hybridized carbons (Fsp3) is 0.737. The summed E-state index contributed by atoms with van der Waals surface area (Å²) < 4.78 is 8.33. The maximum absolute atomic E-state index is 12.8. The Morgan fingerprint density at radius 3 is 2.52 bits per heavy atom. The highest BCUT2D eigenvalue weighted by Crippen LogP contribution is 2.37. The maximum atomic E-state index is 12.8. The summed E-state index contributed by atoms with van der Waals surface area (Å²) >= 11 is 0. The highest BCUT2D eigenvalue weighted by atomic mass is 16.5. The van der Waals surface area contributed by atoms with Gasteiger partial charge in [-0.15, -0.1) is 0 Å². The Morgan fingerprint density at radius 1 is 1.14 bits per heavy atom. The third-order valence-corrected chi connectivity index (χ3v) is 5.90. The van der Waals surface area contributed by atoms with Gasteiger partial charge in [-0.25, -0.2) is 9.48 Å². The predicted octanol–water partition coefficient (Wildman–Crippen LogP) is -0.119. The summed E-state index contributed by atoms with van der Waals surface area (Å²) in [6.45, 7) is 1.65. The van der Waals surface area contributed by atoms with Gasteiger partial charge in [0.1, 0.15) is 12.4 Å². The molecule has 29 heavy (non-hydrogen) atoms. The summed E-state index contributed by atoms with van der Waals surface area (Å²) in [6, 6.07) is 0.194. The van der Waals surface area contributed by atoms with Crippen LogP contribution in [0.3, 0.4) is 0 Å². The molecule has 1 aromatic rings. The van der Waals surface area contributed by atoms with Crippen molar-refractivity contribution in [3.05, 3.63) is 16.3 Å². The van der Waals surface area contributed by atoms with Gasteiger partial charge in [0.05, 0.1) is 13.2 Å². The molecule has 0 N–H and O–H groups in total. The lowest BCUT2D eigenvalue weighted by Gasteiger charge is -2.33. The molecule has 3 heterocycles. The van der Waals surface area contributed by atoms with Crippen molar-refractivity contribution in [3.8, 4) is 0 Å². The van der Waals surface area contributed by atoms with E-state index in [-0.39, 0.29) is 54.8 Å².